The van der Waals surface area contributed by atoms with E-state index in [0.717, 1.165) is 6.07 Å². The predicted molar refractivity (Wildman–Crippen MR) is 121 cm³/mol. The number of rotatable bonds is 5. The summed E-state index contributed by atoms with van der Waals surface area (Å²) >= 11 is 0. The van der Waals surface area contributed by atoms with Crippen molar-refractivity contribution in [3.05, 3.63) is 77.9 Å². The largest absolute Gasteiger partial charge is 0.465 e. The summed E-state index contributed by atoms with van der Waals surface area (Å²) in [4.78, 5) is 16.3. The summed E-state index contributed by atoms with van der Waals surface area (Å²) in [7, 11) is 2.92. The molecule has 3 aromatic carbocycles. The lowest BCUT2D eigenvalue weighted by Crippen LogP contribution is -2.02. The first-order chi connectivity index (χ1) is 16.9. The number of carbonyl (C=O) groups is 1. The van der Waals surface area contributed by atoms with Gasteiger partial charge in [-0.1, -0.05) is 18.2 Å². The van der Waals surface area contributed by atoms with Crippen LogP contribution in [0.3, 0.4) is 0 Å². The van der Waals surface area contributed by atoms with Gasteiger partial charge in [0.25, 0.3) is 6.43 Å². The lowest BCUT2D eigenvalue weighted by atomic mass is 9.97. The molecule has 2 aromatic heterocycles. The van der Waals surface area contributed by atoms with Crippen LogP contribution in [0.25, 0.3) is 45.1 Å². The molecule has 0 aliphatic carbocycles. The normalized spacial score (nSPS) is 11.4. The average Bonchev–Trinajstić information content (AvgIpc) is 3.48. The Morgan fingerprint density at radius 1 is 1.06 bits per heavy atom. The molecule has 0 N–H and O–H groups in total. The Bertz CT molecular complexity index is 1580. The molecule has 10 heteroatoms. The minimum atomic E-state index is -2.89. The van der Waals surface area contributed by atoms with Gasteiger partial charge in [-0.25, -0.2) is 22.9 Å². The van der Waals surface area contributed by atoms with Gasteiger partial charge in [0, 0.05) is 18.2 Å². The summed E-state index contributed by atoms with van der Waals surface area (Å²) < 4.78 is 53.5. The maximum absolute atomic E-state index is 14.1. The van der Waals surface area contributed by atoms with Crippen LogP contribution in [-0.4, -0.2) is 32.8 Å². The number of hydrogen-bond donors (Lipinski definition) is 0. The first kappa shape index (κ1) is 22.3. The highest BCUT2D eigenvalue weighted by molar-refractivity contribution is 5.95. The van der Waals surface area contributed by atoms with Crippen molar-refractivity contribution >= 4 is 17.1 Å². The van der Waals surface area contributed by atoms with Crippen molar-refractivity contribution < 1.29 is 27.1 Å². The molecule has 0 amide bonds. The number of hydrogen-bond acceptors (Lipinski definition) is 6. The molecule has 0 bridgehead atoms. The molecule has 0 unspecified atom stereocenters. The summed E-state index contributed by atoms with van der Waals surface area (Å²) in [5, 5.41) is 7.96. The number of alkyl halides is 2. The van der Waals surface area contributed by atoms with E-state index in [2.05, 4.69) is 19.9 Å². The van der Waals surface area contributed by atoms with E-state index in [1.165, 1.54) is 31.6 Å². The number of aryl methyl sites for hydroxylation is 1. The number of benzene rings is 3. The summed E-state index contributed by atoms with van der Waals surface area (Å²) in [5.74, 6) is -0.618. The smallest absolute Gasteiger partial charge is 0.337 e. The molecular formula is C25H17F3N4O3. The molecule has 5 aromatic rings. The first-order valence-corrected chi connectivity index (χ1v) is 10.4. The third-order valence-electron chi connectivity index (χ3n) is 5.53. The number of halogens is 3. The first-order valence-electron chi connectivity index (χ1n) is 10.4. The van der Waals surface area contributed by atoms with Crippen LogP contribution in [0.15, 0.2) is 65.3 Å². The summed E-state index contributed by atoms with van der Waals surface area (Å²) in [5.41, 5.74) is 1.90. The molecule has 0 saturated heterocycles. The van der Waals surface area contributed by atoms with Gasteiger partial charge in [-0.2, -0.15) is 0 Å². The van der Waals surface area contributed by atoms with Crippen LogP contribution >= 0.6 is 0 Å². The fraction of sp³-hybridized carbons (Fsp3) is 0.120. The summed E-state index contributed by atoms with van der Waals surface area (Å²) in [6, 6.07) is 13.7. The fourth-order valence-electron chi connectivity index (χ4n) is 3.88. The van der Waals surface area contributed by atoms with Crippen molar-refractivity contribution in [1.29, 1.82) is 0 Å². The number of oxazole rings is 1. The standard InChI is InChI=1S/C25H17F3N4O3/c1-32-12-29-31-23(32)18-11-16(26)6-7-17(18)13-4-3-5-14(8-13)24-30-20-10-15(25(33)34-2)9-19(22(27)28)21(20)35-24/h3-12,22H,1-2H3. The van der Waals surface area contributed by atoms with E-state index < -0.39 is 23.8 Å². The van der Waals surface area contributed by atoms with Gasteiger partial charge in [-0.15, -0.1) is 10.2 Å². The Labute approximate surface area is 196 Å². The molecule has 0 saturated carbocycles. The van der Waals surface area contributed by atoms with Gasteiger partial charge in [0.2, 0.25) is 5.89 Å². The molecule has 7 nitrogen and oxygen atoms in total. The van der Waals surface area contributed by atoms with Gasteiger partial charge in [-0.05, 0) is 47.5 Å². The molecule has 0 aliphatic heterocycles. The van der Waals surface area contributed by atoms with Gasteiger partial charge < -0.3 is 13.7 Å². The number of nitrogens with zero attached hydrogens (tertiary/aromatic N) is 4. The van der Waals surface area contributed by atoms with Crippen molar-refractivity contribution in [2.24, 2.45) is 7.05 Å². The van der Waals surface area contributed by atoms with Gasteiger partial charge in [0.1, 0.15) is 17.7 Å². The third-order valence-corrected chi connectivity index (χ3v) is 5.53. The molecule has 0 fully saturated rings. The quantitative estimate of drug-likeness (QED) is 0.296. The van der Waals surface area contributed by atoms with Crippen LogP contribution in [0, 0.1) is 5.82 Å². The maximum Gasteiger partial charge on any atom is 0.337 e. The second-order valence-electron chi connectivity index (χ2n) is 7.76. The van der Waals surface area contributed by atoms with Gasteiger partial charge >= 0.3 is 5.97 Å². The Kier molecular flexibility index (Phi) is 5.56. The van der Waals surface area contributed by atoms with E-state index in [1.807, 2.05) is 6.07 Å². The summed E-state index contributed by atoms with van der Waals surface area (Å²) in [6.07, 6.45) is -1.37. The van der Waals surface area contributed by atoms with Crippen LogP contribution in [0.4, 0.5) is 13.2 Å². The van der Waals surface area contributed by atoms with Crippen LogP contribution in [0.2, 0.25) is 0 Å². The van der Waals surface area contributed by atoms with E-state index in [9.17, 15) is 18.0 Å². The van der Waals surface area contributed by atoms with Crippen LogP contribution in [0.1, 0.15) is 22.3 Å². The van der Waals surface area contributed by atoms with Crippen LogP contribution < -0.4 is 0 Å². The number of carbonyl (C=O) groups excluding carboxylic acids is 1. The number of methoxy groups -OCH3 is 1. The van der Waals surface area contributed by atoms with Crippen molar-refractivity contribution in [2.75, 3.05) is 7.11 Å². The lowest BCUT2D eigenvalue weighted by molar-refractivity contribution is 0.0600. The lowest BCUT2D eigenvalue weighted by Gasteiger charge is -2.10. The zero-order valence-electron chi connectivity index (χ0n) is 18.5. The van der Waals surface area contributed by atoms with E-state index >= 15 is 0 Å². The van der Waals surface area contributed by atoms with E-state index in [0.29, 0.717) is 28.1 Å². The van der Waals surface area contributed by atoms with Crippen molar-refractivity contribution in [3.63, 3.8) is 0 Å². The average molecular weight is 478 g/mol. The van der Waals surface area contributed by atoms with Gasteiger partial charge in [-0.3, -0.25) is 0 Å². The molecule has 176 valence electrons. The van der Waals surface area contributed by atoms with Gasteiger partial charge in [0.05, 0.1) is 18.2 Å². The van der Waals surface area contributed by atoms with E-state index in [1.54, 1.807) is 35.9 Å². The molecule has 0 spiro atoms. The molecule has 0 atom stereocenters. The zero-order valence-corrected chi connectivity index (χ0v) is 18.5. The van der Waals surface area contributed by atoms with E-state index in [-0.39, 0.29) is 22.6 Å². The highest BCUT2D eigenvalue weighted by Crippen LogP contribution is 2.36. The number of fused-ring (bicyclic) bond motifs is 1. The Morgan fingerprint density at radius 2 is 1.86 bits per heavy atom. The van der Waals surface area contributed by atoms with E-state index in [4.69, 9.17) is 4.42 Å². The molecule has 5 rings (SSSR count). The topological polar surface area (TPSA) is 83.0 Å². The van der Waals surface area contributed by atoms with Gasteiger partial charge in [0.15, 0.2) is 11.4 Å². The SMILES string of the molecule is COC(=O)c1cc(C(F)F)c2oc(-c3cccc(-c4ccc(F)cc4-c4nncn4C)c3)nc2c1. The highest BCUT2D eigenvalue weighted by atomic mass is 19.3. The molecule has 0 radical (unpaired) electrons. The molecule has 2 heterocycles. The Morgan fingerprint density at radius 3 is 2.57 bits per heavy atom. The second kappa shape index (κ2) is 8.71. The molecule has 0 aliphatic rings. The van der Waals surface area contributed by atoms with Crippen LogP contribution in [0.5, 0.6) is 0 Å². The van der Waals surface area contributed by atoms with Crippen molar-refractivity contribution in [1.82, 2.24) is 19.7 Å². The number of aromatic nitrogens is 4. The zero-order chi connectivity index (χ0) is 24.7. The summed E-state index contributed by atoms with van der Waals surface area (Å²) in [6.45, 7) is 0. The molecule has 35 heavy (non-hydrogen) atoms. The number of esters is 1. The Balaban J connectivity index is 1.64. The second-order valence-corrected chi connectivity index (χ2v) is 7.76. The minimum Gasteiger partial charge on any atom is -0.465 e. The monoisotopic (exact) mass is 478 g/mol. The minimum absolute atomic E-state index is 0.0523. The predicted octanol–water partition coefficient (Wildman–Crippen LogP) is 5.82. The number of ether oxygens (including phenoxy) is 1. The van der Waals surface area contributed by atoms with Crippen molar-refractivity contribution in [2.45, 2.75) is 6.43 Å². The Hall–Kier alpha value is -4.47. The van der Waals surface area contributed by atoms with Crippen molar-refractivity contribution in [3.8, 4) is 34.0 Å². The highest BCUT2D eigenvalue weighted by Gasteiger charge is 2.22. The third kappa shape index (κ3) is 4.03. The maximum atomic E-state index is 14.1. The van der Waals surface area contributed by atoms with Crippen LogP contribution in [-0.2, 0) is 11.8 Å². The molecular weight excluding hydrogens is 461 g/mol. The fourth-order valence-corrected chi connectivity index (χ4v) is 3.88.